The Balaban J connectivity index is 1.90. The van der Waals surface area contributed by atoms with Crippen molar-refractivity contribution < 1.29 is 5.11 Å². The van der Waals surface area contributed by atoms with E-state index in [9.17, 15) is 5.11 Å². The standard InChI is InChI=1S/C16H25BrOS/c1-2-3-4-13-5-7-16(12-18,8-6-13)10-15-9-14(17)11-19-15/h9,11,13,18H,2-8,10,12H2,1H3. The first-order chi connectivity index (χ1) is 9.17. The second-order valence-corrected chi connectivity index (χ2v) is 8.06. The fourth-order valence-corrected chi connectivity index (χ4v) is 4.90. The van der Waals surface area contributed by atoms with Crippen molar-refractivity contribution in [2.45, 2.75) is 58.3 Å². The summed E-state index contributed by atoms with van der Waals surface area (Å²) in [6.07, 6.45) is 10.2. The molecule has 2 rings (SSSR count). The van der Waals surface area contributed by atoms with E-state index in [1.54, 1.807) is 0 Å². The van der Waals surface area contributed by atoms with Gasteiger partial charge < -0.3 is 5.11 Å². The van der Waals surface area contributed by atoms with Crippen molar-refractivity contribution >= 4 is 27.3 Å². The summed E-state index contributed by atoms with van der Waals surface area (Å²) >= 11 is 5.34. The van der Waals surface area contributed by atoms with Crippen molar-refractivity contribution in [3.05, 3.63) is 20.8 Å². The number of unbranched alkanes of at least 4 members (excludes halogenated alkanes) is 1. The van der Waals surface area contributed by atoms with Gasteiger partial charge in [0.05, 0.1) is 0 Å². The molecule has 1 aliphatic rings. The monoisotopic (exact) mass is 344 g/mol. The lowest BCUT2D eigenvalue weighted by Gasteiger charge is -2.39. The molecule has 1 N–H and O–H groups in total. The lowest BCUT2D eigenvalue weighted by Crippen LogP contribution is -2.33. The highest BCUT2D eigenvalue weighted by Crippen LogP contribution is 2.43. The average molecular weight is 345 g/mol. The van der Waals surface area contributed by atoms with E-state index >= 15 is 0 Å². The molecule has 0 bridgehead atoms. The minimum Gasteiger partial charge on any atom is -0.396 e. The van der Waals surface area contributed by atoms with E-state index in [1.807, 2.05) is 11.3 Å². The first-order valence-electron chi connectivity index (χ1n) is 7.51. The van der Waals surface area contributed by atoms with Crippen LogP contribution in [0.1, 0.15) is 56.7 Å². The Morgan fingerprint density at radius 3 is 2.68 bits per heavy atom. The molecule has 1 fully saturated rings. The van der Waals surface area contributed by atoms with Crippen LogP contribution in [-0.4, -0.2) is 11.7 Å². The van der Waals surface area contributed by atoms with E-state index in [-0.39, 0.29) is 5.41 Å². The molecule has 3 heteroatoms. The Morgan fingerprint density at radius 2 is 2.16 bits per heavy atom. The van der Waals surface area contributed by atoms with E-state index in [2.05, 4.69) is 34.3 Å². The molecule has 1 aliphatic carbocycles. The molecular weight excluding hydrogens is 320 g/mol. The summed E-state index contributed by atoms with van der Waals surface area (Å²) in [6.45, 7) is 2.62. The Labute approximate surface area is 129 Å². The van der Waals surface area contributed by atoms with Crippen LogP contribution in [0.4, 0.5) is 0 Å². The molecule has 0 amide bonds. The number of hydrogen-bond acceptors (Lipinski definition) is 2. The zero-order chi connectivity index (χ0) is 13.7. The number of aliphatic hydroxyl groups is 1. The van der Waals surface area contributed by atoms with Crippen LogP contribution < -0.4 is 0 Å². The molecule has 108 valence electrons. The van der Waals surface area contributed by atoms with Gasteiger partial charge in [-0.05, 0) is 65.4 Å². The van der Waals surface area contributed by atoms with Gasteiger partial charge in [0, 0.05) is 21.3 Å². The number of aliphatic hydroxyl groups excluding tert-OH is 1. The molecule has 19 heavy (non-hydrogen) atoms. The second kappa shape index (κ2) is 7.24. The van der Waals surface area contributed by atoms with Crippen LogP contribution in [0.15, 0.2) is 15.9 Å². The normalized spacial score (nSPS) is 27.6. The van der Waals surface area contributed by atoms with Gasteiger partial charge in [0.15, 0.2) is 0 Å². The van der Waals surface area contributed by atoms with Crippen molar-refractivity contribution in [3.8, 4) is 0 Å². The summed E-state index contributed by atoms with van der Waals surface area (Å²) < 4.78 is 1.18. The molecule has 1 saturated carbocycles. The molecule has 0 spiro atoms. The van der Waals surface area contributed by atoms with Crippen LogP contribution in [0, 0.1) is 11.3 Å². The highest BCUT2D eigenvalue weighted by molar-refractivity contribution is 9.10. The maximum atomic E-state index is 9.86. The van der Waals surface area contributed by atoms with Gasteiger partial charge >= 0.3 is 0 Å². The van der Waals surface area contributed by atoms with Gasteiger partial charge in [-0.15, -0.1) is 11.3 Å². The predicted octanol–water partition coefficient (Wildman–Crippen LogP) is 5.41. The fourth-order valence-electron chi connectivity index (χ4n) is 3.28. The summed E-state index contributed by atoms with van der Waals surface area (Å²) in [5.41, 5.74) is 0.160. The predicted molar refractivity (Wildman–Crippen MR) is 86.7 cm³/mol. The molecule has 1 heterocycles. The van der Waals surface area contributed by atoms with Crippen molar-refractivity contribution in [2.75, 3.05) is 6.61 Å². The quantitative estimate of drug-likeness (QED) is 0.731. The van der Waals surface area contributed by atoms with Crippen molar-refractivity contribution in [3.63, 3.8) is 0 Å². The van der Waals surface area contributed by atoms with Crippen LogP contribution in [-0.2, 0) is 6.42 Å². The van der Waals surface area contributed by atoms with Gasteiger partial charge in [0.1, 0.15) is 0 Å². The molecule has 0 unspecified atom stereocenters. The molecular formula is C16H25BrOS. The number of halogens is 1. The van der Waals surface area contributed by atoms with Gasteiger partial charge in [-0.25, -0.2) is 0 Å². The number of hydrogen-bond donors (Lipinski definition) is 1. The molecule has 0 aromatic carbocycles. The van der Waals surface area contributed by atoms with Gasteiger partial charge in [-0.1, -0.05) is 26.2 Å². The molecule has 0 atom stereocenters. The third-order valence-electron chi connectivity index (χ3n) is 4.64. The second-order valence-electron chi connectivity index (χ2n) is 6.15. The Kier molecular flexibility index (Phi) is 5.91. The highest BCUT2D eigenvalue weighted by atomic mass is 79.9. The molecule has 1 nitrogen and oxygen atoms in total. The van der Waals surface area contributed by atoms with E-state index in [0.717, 1.165) is 12.3 Å². The fraction of sp³-hybridized carbons (Fsp3) is 0.750. The zero-order valence-corrected chi connectivity index (χ0v) is 14.2. The molecule has 0 saturated heterocycles. The average Bonchev–Trinajstić information content (AvgIpc) is 2.83. The minimum absolute atomic E-state index is 0.160. The third-order valence-corrected chi connectivity index (χ3v) is 6.34. The summed E-state index contributed by atoms with van der Waals surface area (Å²) in [5.74, 6) is 0.912. The first-order valence-corrected chi connectivity index (χ1v) is 9.18. The minimum atomic E-state index is 0.160. The maximum absolute atomic E-state index is 9.86. The van der Waals surface area contributed by atoms with Crippen molar-refractivity contribution in [2.24, 2.45) is 11.3 Å². The van der Waals surface area contributed by atoms with Crippen molar-refractivity contribution in [1.29, 1.82) is 0 Å². The van der Waals surface area contributed by atoms with Gasteiger partial charge in [0.25, 0.3) is 0 Å². The smallest absolute Gasteiger partial charge is 0.0490 e. The number of thiophene rings is 1. The third kappa shape index (κ3) is 4.30. The highest BCUT2D eigenvalue weighted by Gasteiger charge is 2.35. The maximum Gasteiger partial charge on any atom is 0.0490 e. The Morgan fingerprint density at radius 1 is 1.42 bits per heavy atom. The lowest BCUT2D eigenvalue weighted by molar-refractivity contribution is 0.0628. The molecule has 0 radical (unpaired) electrons. The van der Waals surface area contributed by atoms with E-state index in [0.29, 0.717) is 6.61 Å². The first kappa shape index (κ1) is 15.5. The summed E-state index contributed by atoms with van der Waals surface area (Å²) in [7, 11) is 0. The largest absolute Gasteiger partial charge is 0.396 e. The lowest BCUT2D eigenvalue weighted by atomic mass is 9.68. The van der Waals surface area contributed by atoms with Gasteiger partial charge in [-0.3, -0.25) is 0 Å². The van der Waals surface area contributed by atoms with Crippen LogP contribution >= 0.6 is 27.3 Å². The summed E-state index contributed by atoms with van der Waals surface area (Å²) in [6, 6.07) is 2.21. The zero-order valence-electron chi connectivity index (χ0n) is 11.8. The van der Waals surface area contributed by atoms with Crippen molar-refractivity contribution in [1.82, 2.24) is 0 Å². The van der Waals surface area contributed by atoms with Gasteiger partial charge in [-0.2, -0.15) is 0 Å². The summed E-state index contributed by atoms with van der Waals surface area (Å²) in [4.78, 5) is 1.41. The van der Waals surface area contributed by atoms with Crippen LogP contribution in [0.25, 0.3) is 0 Å². The Hall–Kier alpha value is 0.140. The topological polar surface area (TPSA) is 20.2 Å². The van der Waals surface area contributed by atoms with Crippen LogP contribution in [0.2, 0.25) is 0 Å². The number of rotatable bonds is 6. The van der Waals surface area contributed by atoms with Gasteiger partial charge in [0.2, 0.25) is 0 Å². The SMILES string of the molecule is CCCCC1CCC(CO)(Cc2cc(Br)cs2)CC1. The summed E-state index contributed by atoms with van der Waals surface area (Å²) in [5, 5.41) is 12.0. The Bertz CT molecular complexity index is 380. The molecule has 1 aromatic heterocycles. The van der Waals surface area contributed by atoms with Crippen LogP contribution in [0.3, 0.4) is 0 Å². The van der Waals surface area contributed by atoms with E-state index in [1.165, 1.54) is 54.3 Å². The molecule has 0 aliphatic heterocycles. The van der Waals surface area contributed by atoms with Crippen LogP contribution in [0.5, 0.6) is 0 Å². The molecule has 1 aromatic rings. The van der Waals surface area contributed by atoms with E-state index in [4.69, 9.17) is 0 Å². The van der Waals surface area contributed by atoms with E-state index < -0.39 is 0 Å².